The number of rotatable bonds is 7. The summed E-state index contributed by atoms with van der Waals surface area (Å²) in [5.74, 6) is 0.819. The summed E-state index contributed by atoms with van der Waals surface area (Å²) in [5.41, 5.74) is 0.980. The second-order valence-electron chi connectivity index (χ2n) is 6.25. The van der Waals surface area contributed by atoms with Crippen LogP contribution in [0.15, 0.2) is 24.3 Å². The monoisotopic (exact) mass is 335 g/mol. The number of hydrogen-bond acceptors (Lipinski definition) is 5. The highest BCUT2D eigenvalue weighted by molar-refractivity contribution is 5.81. The van der Waals surface area contributed by atoms with Crippen LogP contribution in [-0.2, 0) is 4.79 Å². The van der Waals surface area contributed by atoms with Gasteiger partial charge in [0, 0.05) is 38.3 Å². The molecule has 0 spiro atoms. The molecule has 6 heteroatoms. The number of nitrogens with one attached hydrogen (secondary N) is 1. The lowest BCUT2D eigenvalue weighted by molar-refractivity contribution is -0.127. The molecule has 1 fully saturated rings. The maximum Gasteiger partial charge on any atom is 0.237 e. The fourth-order valence-electron chi connectivity index (χ4n) is 3.12. The molecule has 134 valence electrons. The molecule has 1 aromatic rings. The van der Waals surface area contributed by atoms with Crippen molar-refractivity contribution in [2.24, 2.45) is 0 Å². The van der Waals surface area contributed by atoms with Crippen LogP contribution in [0.5, 0.6) is 5.75 Å². The van der Waals surface area contributed by atoms with E-state index in [0.29, 0.717) is 6.54 Å². The van der Waals surface area contributed by atoms with Gasteiger partial charge in [0.15, 0.2) is 0 Å². The zero-order chi connectivity index (χ0) is 17.5. The van der Waals surface area contributed by atoms with Gasteiger partial charge < -0.3 is 15.2 Å². The average Bonchev–Trinajstić information content (AvgIpc) is 2.61. The number of carbonyl (C=O) groups excluding carboxylic acids is 1. The number of hydrogen-bond donors (Lipinski definition) is 2. The van der Waals surface area contributed by atoms with E-state index in [1.165, 1.54) is 0 Å². The minimum Gasteiger partial charge on any atom is -0.496 e. The average molecular weight is 335 g/mol. The predicted molar refractivity (Wildman–Crippen MR) is 94.1 cm³/mol. The third-order valence-corrected chi connectivity index (χ3v) is 4.71. The number of nitrogens with zero attached hydrogens (tertiary/aromatic N) is 2. The third-order valence-electron chi connectivity index (χ3n) is 4.71. The van der Waals surface area contributed by atoms with Crippen molar-refractivity contribution in [2.45, 2.75) is 25.9 Å². The van der Waals surface area contributed by atoms with Crippen molar-refractivity contribution in [3.8, 4) is 5.75 Å². The van der Waals surface area contributed by atoms with E-state index < -0.39 is 0 Å². The number of aliphatic hydroxyl groups is 1. The molecular weight excluding hydrogens is 306 g/mol. The Bertz CT molecular complexity index is 530. The quantitative estimate of drug-likeness (QED) is 0.774. The Morgan fingerprint density at radius 2 is 1.92 bits per heavy atom. The maximum absolute atomic E-state index is 12.6. The minimum absolute atomic E-state index is 0.0315. The van der Waals surface area contributed by atoms with Gasteiger partial charge in [-0.15, -0.1) is 0 Å². The fourth-order valence-corrected chi connectivity index (χ4v) is 3.12. The summed E-state index contributed by atoms with van der Waals surface area (Å²) in [6.07, 6.45) is 0. The Morgan fingerprint density at radius 1 is 1.25 bits per heavy atom. The first-order chi connectivity index (χ1) is 11.6. The van der Waals surface area contributed by atoms with Gasteiger partial charge in [0.2, 0.25) is 5.91 Å². The van der Waals surface area contributed by atoms with Crippen LogP contribution in [0, 0.1) is 0 Å². The molecule has 24 heavy (non-hydrogen) atoms. The topological polar surface area (TPSA) is 65.0 Å². The van der Waals surface area contributed by atoms with Crippen molar-refractivity contribution in [1.29, 1.82) is 0 Å². The van der Waals surface area contributed by atoms with Crippen LogP contribution in [0.2, 0.25) is 0 Å². The molecular formula is C18H29N3O3. The van der Waals surface area contributed by atoms with Crippen molar-refractivity contribution in [3.63, 3.8) is 0 Å². The first-order valence-corrected chi connectivity index (χ1v) is 8.57. The van der Waals surface area contributed by atoms with Crippen molar-refractivity contribution >= 4 is 5.91 Å². The number of methoxy groups -OCH3 is 1. The Balaban J connectivity index is 1.89. The summed E-state index contributed by atoms with van der Waals surface area (Å²) >= 11 is 0. The predicted octanol–water partition coefficient (Wildman–Crippen LogP) is 0.871. The molecule has 0 saturated carbocycles. The summed E-state index contributed by atoms with van der Waals surface area (Å²) in [6, 6.07) is 7.48. The van der Waals surface area contributed by atoms with Crippen LogP contribution in [-0.4, -0.2) is 73.3 Å². The molecule has 0 radical (unpaired) electrons. The molecule has 1 aliphatic heterocycles. The number of piperazine rings is 1. The van der Waals surface area contributed by atoms with Gasteiger partial charge in [-0.05, 0) is 19.9 Å². The number of benzene rings is 1. The third kappa shape index (κ3) is 4.69. The molecule has 2 rings (SSSR count). The van der Waals surface area contributed by atoms with Crippen LogP contribution in [0.1, 0.15) is 25.5 Å². The molecule has 1 saturated heterocycles. The van der Waals surface area contributed by atoms with Gasteiger partial charge in [-0.2, -0.15) is 0 Å². The van der Waals surface area contributed by atoms with E-state index in [0.717, 1.165) is 37.5 Å². The number of para-hydroxylation sites is 1. The summed E-state index contributed by atoms with van der Waals surface area (Å²) < 4.78 is 5.37. The lowest BCUT2D eigenvalue weighted by atomic mass is 10.1. The van der Waals surface area contributed by atoms with Crippen LogP contribution in [0.25, 0.3) is 0 Å². The van der Waals surface area contributed by atoms with E-state index in [4.69, 9.17) is 9.84 Å². The van der Waals surface area contributed by atoms with Gasteiger partial charge in [0.25, 0.3) is 0 Å². The van der Waals surface area contributed by atoms with E-state index in [1.54, 1.807) is 7.11 Å². The van der Waals surface area contributed by atoms with Crippen molar-refractivity contribution in [2.75, 3.05) is 46.4 Å². The highest BCUT2D eigenvalue weighted by atomic mass is 16.5. The Kier molecular flexibility index (Phi) is 7.02. The SMILES string of the molecule is COc1ccccc1[C@@H](C)NC(=O)[C@H](C)N1CCN(CCO)CC1. The van der Waals surface area contributed by atoms with Gasteiger partial charge in [-0.3, -0.25) is 14.6 Å². The first kappa shape index (κ1) is 18.7. The number of ether oxygens (including phenoxy) is 1. The van der Waals surface area contributed by atoms with E-state index in [2.05, 4.69) is 15.1 Å². The Labute approximate surface area is 144 Å². The molecule has 1 aliphatic rings. The summed E-state index contributed by atoms with van der Waals surface area (Å²) in [7, 11) is 1.64. The fraction of sp³-hybridized carbons (Fsp3) is 0.611. The van der Waals surface area contributed by atoms with E-state index in [9.17, 15) is 4.79 Å². The molecule has 2 N–H and O–H groups in total. The number of β-amino-alcohol motifs (C(OH)–C–C–N with tert-alkyl or cyclic N) is 1. The lowest BCUT2D eigenvalue weighted by Crippen LogP contribution is -2.54. The Hall–Kier alpha value is -1.63. The summed E-state index contributed by atoms with van der Waals surface area (Å²) in [5, 5.41) is 12.1. The second kappa shape index (κ2) is 9.01. The molecule has 1 amide bonds. The van der Waals surface area contributed by atoms with E-state index >= 15 is 0 Å². The Morgan fingerprint density at radius 3 is 2.54 bits per heavy atom. The van der Waals surface area contributed by atoms with Gasteiger partial charge in [0.1, 0.15) is 5.75 Å². The number of amides is 1. The van der Waals surface area contributed by atoms with Crippen LogP contribution in [0.4, 0.5) is 0 Å². The highest BCUT2D eigenvalue weighted by Gasteiger charge is 2.26. The smallest absolute Gasteiger partial charge is 0.237 e. The minimum atomic E-state index is -0.168. The first-order valence-electron chi connectivity index (χ1n) is 8.57. The summed E-state index contributed by atoms with van der Waals surface area (Å²) in [4.78, 5) is 17.0. The zero-order valence-electron chi connectivity index (χ0n) is 14.9. The molecule has 2 atom stereocenters. The summed E-state index contributed by atoms with van der Waals surface area (Å²) in [6.45, 7) is 8.29. The zero-order valence-corrected chi connectivity index (χ0v) is 14.9. The van der Waals surface area contributed by atoms with Crippen LogP contribution < -0.4 is 10.1 Å². The molecule has 0 aromatic heterocycles. The van der Waals surface area contributed by atoms with Crippen molar-refractivity contribution in [1.82, 2.24) is 15.1 Å². The standard InChI is InChI=1S/C18H29N3O3/c1-14(16-6-4-5-7-17(16)24-3)19-18(23)15(2)21-10-8-20(9-11-21)12-13-22/h4-7,14-15,22H,8-13H2,1-3H3,(H,19,23)/t14-,15+/m1/s1. The van der Waals surface area contributed by atoms with Crippen LogP contribution in [0.3, 0.4) is 0 Å². The lowest BCUT2D eigenvalue weighted by Gasteiger charge is -2.37. The van der Waals surface area contributed by atoms with Crippen molar-refractivity contribution in [3.05, 3.63) is 29.8 Å². The molecule has 6 nitrogen and oxygen atoms in total. The normalized spacial score (nSPS) is 18.8. The largest absolute Gasteiger partial charge is 0.496 e. The molecule has 0 aliphatic carbocycles. The van der Waals surface area contributed by atoms with E-state index in [-0.39, 0.29) is 24.6 Å². The van der Waals surface area contributed by atoms with Crippen molar-refractivity contribution < 1.29 is 14.6 Å². The molecule has 0 bridgehead atoms. The maximum atomic E-state index is 12.6. The molecule has 1 aromatic carbocycles. The second-order valence-corrected chi connectivity index (χ2v) is 6.25. The van der Waals surface area contributed by atoms with Gasteiger partial charge in [-0.1, -0.05) is 18.2 Å². The van der Waals surface area contributed by atoms with Gasteiger partial charge in [0.05, 0.1) is 25.8 Å². The molecule has 1 heterocycles. The number of aliphatic hydroxyl groups excluding tert-OH is 1. The highest BCUT2D eigenvalue weighted by Crippen LogP contribution is 2.24. The van der Waals surface area contributed by atoms with Gasteiger partial charge in [-0.25, -0.2) is 0 Å². The number of carbonyl (C=O) groups is 1. The van der Waals surface area contributed by atoms with E-state index in [1.807, 2.05) is 38.1 Å². The van der Waals surface area contributed by atoms with Crippen LogP contribution >= 0.6 is 0 Å². The molecule has 0 unspecified atom stereocenters. The van der Waals surface area contributed by atoms with Gasteiger partial charge >= 0.3 is 0 Å².